The molecule has 4 nitrogen and oxygen atoms in total. The Labute approximate surface area is 103 Å². The van der Waals surface area contributed by atoms with E-state index in [1.165, 1.54) is 5.56 Å². The summed E-state index contributed by atoms with van der Waals surface area (Å²) in [5, 5.41) is 3.28. The quantitative estimate of drug-likeness (QED) is 0.700. The molecular formula is C13H22N2O2. The zero-order valence-electron chi connectivity index (χ0n) is 10.9. The molecule has 0 radical (unpaired) electrons. The highest BCUT2D eigenvalue weighted by molar-refractivity contribution is 5.17. The van der Waals surface area contributed by atoms with Gasteiger partial charge in [0.1, 0.15) is 0 Å². The van der Waals surface area contributed by atoms with Crippen molar-refractivity contribution in [2.45, 2.75) is 19.4 Å². The smallest absolute Gasteiger partial charge is 0.0700 e. The highest BCUT2D eigenvalue weighted by Gasteiger charge is 2.08. The molecule has 0 aromatic carbocycles. The van der Waals surface area contributed by atoms with Crippen molar-refractivity contribution in [3.8, 4) is 0 Å². The predicted molar refractivity (Wildman–Crippen MR) is 68.1 cm³/mol. The Bertz CT molecular complexity index is 301. The number of hydrogen-bond donors (Lipinski definition) is 1. The van der Waals surface area contributed by atoms with Crippen LogP contribution in [0, 0.1) is 6.92 Å². The normalized spacial score (nSPS) is 12.6. The molecule has 1 aromatic heterocycles. The Morgan fingerprint density at radius 3 is 2.71 bits per heavy atom. The van der Waals surface area contributed by atoms with Crippen molar-refractivity contribution < 1.29 is 9.47 Å². The van der Waals surface area contributed by atoms with Crippen LogP contribution < -0.4 is 5.32 Å². The minimum Gasteiger partial charge on any atom is -0.382 e. The van der Waals surface area contributed by atoms with E-state index in [1.807, 2.05) is 26.2 Å². The molecule has 0 aliphatic rings. The van der Waals surface area contributed by atoms with Gasteiger partial charge in [0.2, 0.25) is 0 Å². The number of aromatic nitrogens is 1. The zero-order valence-corrected chi connectivity index (χ0v) is 10.9. The van der Waals surface area contributed by atoms with Crippen LogP contribution in [-0.2, 0) is 9.47 Å². The minimum atomic E-state index is 0.297. The standard InChI is InChI=1S/C13H22N2O2/c1-11-4-5-12(10-15-11)13(14-2)6-7-17-9-8-16-3/h4-5,10,13-14H,6-9H2,1-3H3. The Kier molecular flexibility index (Phi) is 6.77. The summed E-state index contributed by atoms with van der Waals surface area (Å²) in [7, 11) is 3.64. The maximum atomic E-state index is 5.47. The molecule has 0 aliphatic carbocycles. The number of hydrogen-bond acceptors (Lipinski definition) is 4. The van der Waals surface area contributed by atoms with Gasteiger partial charge < -0.3 is 14.8 Å². The van der Waals surface area contributed by atoms with Crippen LogP contribution in [-0.4, -0.2) is 39.0 Å². The summed E-state index contributed by atoms with van der Waals surface area (Å²) in [5.41, 5.74) is 2.24. The van der Waals surface area contributed by atoms with Crippen LogP contribution >= 0.6 is 0 Å². The lowest BCUT2D eigenvalue weighted by molar-refractivity contribution is 0.0660. The topological polar surface area (TPSA) is 43.4 Å². The summed E-state index contributed by atoms with van der Waals surface area (Å²) < 4.78 is 10.4. The van der Waals surface area contributed by atoms with Gasteiger partial charge in [-0.25, -0.2) is 0 Å². The second-order valence-electron chi connectivity index (χ2n) is 3.97. The lowest BCUT2D eigenvalue weighted by Crippen LogP contribution is -2.19. The molecule has 0 fully saturated rings. The van der Waals surface area contributed by atoms with Gasteiger partial charge in [0, 0.05) is 31.6 Å². The maximum Gasteiger partial charge on any atom is 0.0700 e. The van der Waals surface area contributed by atoms with Crippen LogP contribution in [0.1, 0.15) is 23.7 Å². The van der Waals surface area contributed by atoms with Gasteiger partial charge in [0.15, 0.2) is 0 Å². The summed E-state index contributed by atoms with van der Waals surface area (Å²) in [4.78, 5) is 4.30. The fourth-order valence-electron chi connectivity index (χ4n) is 1.61. The third-order valence-corrected chi connectivity index (χ3v) is 2.67. The van der Waals surface area contributed by atoms with E-state index >= 15 is 0 Å². The number of rotatable bonds is 8. The molecule has 1 rings (SSSR count). The number of pyridine rings is 1. The lowest BCUT2D eigenvalue weighted by Gasteiger charge is -2.16. The van der Waals surface area contributed by atoms with Gasteiger partial charge in [0.25, 0.3) is 0 Å². The number of aryl methyl sites for hydroxylation is 1. The van der Waals surface area contributed by atoms with E-state index in [9.17, 15) is 0 Å². The van der Waals surface area contributed by atoms with Crippen molar-refractivity contribution in [1.29, 1.82) is 0 Å². The van der Waals surface area contributed by atoms with E-state index in [1.54, 1.807) is 7.11 Å². The van der Waals surface area contributed by atoms with Crippen LogP contribution in [0.2, 0.25) is 0 Å². The van der Waals surface area contributed by atoms with Gasteiger partial charge in [0.05, 0.1) is 13.2 Å². The van der Waals surface area contributed by atoms with Gasteiger partial charge in [-0.15, -0.1) is 0 Å². The van der Waals surface area contributed by atoms with Crippen LogP contribution in [0.15, 0.2) is 18.3 Å². The molecule has 1 aromatic rings. The summed E-state index contributed by atoms with van der Waals surface area (Å²) >= 11 is 0. The van der Waals surface area contributed by atoms with Gasteiger partial charge in [-0.3, -0.25) is 4.98 Å². The van der Waals surface area contributed by atoms with Crippen LogP contribution in [0.25, 0.3) is 0 Å². The fourth-order valence-corrected chi connectivity index (χ4v) is 1.61. The van der Waals surface area contributed by atoms with Gasteiger partial charge >= 0.3 is 0 Å². The third kappa shape index (κ3) is 5.26. The molecule has 0 amide bonds. The first-order valence-corrected chi connectivity index (χ1v) is 5.94. The van der Waals surface area contributed by atoms with Crippen LogP contribution in [0.4, 0.5) is 0 Å². The van der Waals surface area contributed by atoms with E-state index in [0.29, 0.717) is 19.3 Å². The second kappa shape index (κ2) is 8.17. The number of methoxy groups -OCH3 is 1. The van der Waals surface area contributed by atoms with Crippen molar-refractivity contribution in [2.75, 3.05) is 34.0 Å². The molecule has 17 heavy (non-hydrogen) atoms. The van der Waals surface area contributed by atoms with Crippen molar-refractivity contribution in [3.05, 3.63) is 29.6 Å². The van der Waals surface area contributed by atoms with Crippen LogP contribution in [0.3, 0.4) is 0 Å². The molecule has 0 spiro atoms. The summed E-state index contributed by atoms with van der Waals surface area (Å²) in [6.45, 7) is 4.02. The number of nitrogens with one attached hydrogen (secondary N) is 1. The maximum absolute atomic E-state index is 5.47. The van der Waals surface area contributed by atoms with E-state index in [2.05, 4.69) is 16.4 Å². The average molecular weight is 238 g/mol. The third-order valence-electron chi connectivity index (χ3n) is 2.67. The highest BCUT2D eigenvalue weighted by Crippen LogP contribution is 2.15. The molecule has 96 valence electrons. The largest absolute Gasteiger partial charge is 0.382 e. The van der Waals surface area contributed by atoms with Gasteiger partial charge in [-0.1, -0.05) is 6.07 Å². The molecule has 4 heteroatoms. The fraction of sp³-hybridized carbons (Fsp3) is 0.615. The summed E-state index contributed by atoms with van der Waals surface area (Å²) in [5.74, 6) is 0. The van der Waals surface area contributed by atoms with Gasteiger partial charge in [-0.2, -0.15) is 0 Å². The van der Waals surface area contributed by atoms with E-state index in [0.717, 1.165) is 18.7 Å². The molecule has 0 saturated carbocycles. The monoisotopic (exact) mass is 238 g/mol. The number of ether oxygens (including phenoxy) is 2. The first kappa shape index (κ1) is 14.1. The Balaban J connectivity index is 2.35. The molecule has 1 atom stereocenters. The first-order valence-electron chi connectivity index (χ1n) is 5.94. The SMILES string of the molecule is CNC(CCOCCOC)c1ccc(C)nc1. The van der Waals surface area contributed by atoms with E-state index in [4.69, 9.17) is 9.47 Å². The van der Waals surface area contributed by atoms with E-state index in [-0.39, 0.29) is 0 Å². The molecule has 0 bridgehead atoms. The second-order valence-corrected chi connectivity index (χ2v) is 3.97. The molecule has 1 unspecified atom stereocenters. The molecule has 1 heterocycles. The summed E-state index contributed by atoms with van der Waals surface area (Å²) in [6, 6.07) is 4.44. The van der Waals surface area contributed by atoms with Crippen molar-refractivity contribution in [3.63, 3.8) is 0 Å². The highest BCUT2D eigenvalue weighted by atomic mass is 16.5. The predicted octanol–water partition coefficient (Wildman–Crippen LogP) is 1.70. The van der Waals surface area contributed by atoms with Crippen molar-refractivity contribution in [1.82, 2.24) is 10.3 Å². The van der Waals surface area contributed by atoms with Gasteiger partial charge in [-0.05, 0) is 32.0 Å². The number of nitrogens with zero attached hydrogens (tertiary/aromatic N) is 1. The molecular weight excluding hydrogens is 216 g/mol. The average Bonchev–Trinajstić information content (AvgIpc) is 2.35. The Morgan fingerprint density at radius 2 is 2.12 bits per heavy atom. The van der Waals surface area contributed by atoms with Crippen molar-refractivity contribution in [2.24, 2.45) is 0 Å². The summed E-state index contributed by atoms with van der Waals surface area (Å²) in [6.07, 6.45) is 2.86. The Morgan fingerprint density at radius 1 is 1.29 bits per heavy atom. The Hall–Kier alpha value is -0.970. The van der Waals surface area contributed by atoms with Crippen LogP contribution in [0.5, 0.6) is 0 Å². The minimum absolute atomic E-state index is 0.297. The zero-order chi connectivity index (χ0) is 12.5. The first-order chi connectivity index (χ1) is 8.27. The molecule has 1 N–H and O–H groups in total. The molecule has 0 saturated heterocycles. The van der Waals surface area contributed by atoms with Crippen molar-refractivity contribution >= 4 is 0 Å². The lowest BCUT2D eigenvalue weighted by atomic mass is 10.1. The molecule has 0 aliphatic heterocycles. The van der Waals surface area contributed by atoms with E-state index < -0.39 is 0 Å².